The molecular formula is C16H14F3NO3. The fraction of sp³-hybridized carbons (Fsp3) is 0.188. The summed E-state index contributed by atoms with van der Waals surface area (Å²) in [6.45, 7) is 1.92. The zero-order chi connectivity index (χ0) is 17.0. The van der Waals surface area contributed by atoms with E-state index in [0.717, 1.165) is 6.07 Å². The van der Waals surface area contributed by atoms with Gasteiger partial charge in [0.2, 0.25) is 0 Å². The molecule has 0 aliphatic carbocycles. The molecule has 4 nitrogen and oxygen atoms in total. The Hall–Kier alpha value is -2.70. The van der Waals surface area contributed by atoms with Crippen LogP contribution in [0.5, 0.6) is 5.75 Å². The van der Waals surface area contributed by atoms with Gasteiger partial charge in [0.25, 0.3) is 0 Å². The van der Waals surface area contributed by atoms with Crippen LogP contribution in [0.4, 0.5) is 18.9 Å². The Labute approximate surface area is 130 Å². The van der Waals surface area contributed by atoms with Gasteiger partial charge in [0.1, 0.15) is 5.75 Å². The number of nitrogen functional groups attached to an aromatic ring is 1. The van der Waals surface area contributed by atoms with E-state index >= 15 is 0 Å². The highest BCUT2D eigenvalue weighted by molar-refractivity contribution is 5.90. The van der Waals surface area contributed by atoms with Gasteiger partial charge >= 0.3 is 12.3 Å². The summed E-state index contributed by atoms with van der Waals surface area (Å²) in [6.07, 6.45) is -4.81. The molecule has 0 saturated carbocycles. The Morgan fingerprint density at radius 2 is 1.78 bits per heavy atom. The molecule has 0 aromatic heterocycles. The molecule has 0 saturated heterocycles. The van der Waals surface area contributed by atoms with E-state index in [9.17, 15) is 18.0 Å². The first kappa shape index (κ1) is 16.7. The number of esters is 1. The van der Waals surface area contributed by atoms with Gasteiger partial charge in [0.05, 0.1) is 12.2 Å². The van der Waals surface area contributed by atoms with Gasteiger partial charge in [0.15, 0.2) is 0 Å². The molecule has 0 spiro atoms. The summed E-state index contributed by atoms with van der Waals surface area (Å²) < 4.78 is 46.3. The molecule has 0 fully saturated rings. The lowest BCUT2D eigenvalue weighted by Gasteiger charge is -2.14. The monoisotopic (exact) mass is 325 g/mol. The van der Waals surface area contributed by atoms with Crippen LogP contribution in [-0.2, 0) is 4.74 Å². The van der Waals surface area contributed by atoms with E-state index < -0.39 is 12.3 Å². The van der Waals surface area contributed by atoms with Crippen LogP contribution in [0.2, 0.25) is 0 Å². The van der Waals surface area contributed by atoms with Gasteiger partial charge in [-0.1, -0.05) is 12.1 Å². The molecule has 0 bridgehead atoms. The largest absolute Gasteiger partial charge is 0.573 e. The van der Waals surface area contributed by atoms with Gasteiger partial charge in [-0.2, -0.15) is 0 Å². The maximum atomic E-state index is 12.5. The number of hydrogen-bond acceptors (Lipinski definition) is 4. The number of carbonyl (C=O) groups excluding carboxylic acids is 1. The van der Waals surface area contributed by atoms with Crippen molar-refractivity contribution in [1.29, 1.82) is 0 Å². The molecule has 0 radical (unpaired) electrons. The summed E-state index contributed by atoms with van der Waals surface area (Å²) in [5.41, 5.74) is 6.85. The predicted molar refractivity (Wildman–Crippen MR) is 78.9 cm³/mol. The summed E-state index contributed by atoms with van der Waals surface area (Å²) in [6, 6.07) is 9.78. The first-order valence-corrected chi connectivity index (χ1v) is 6.73. The number of rotatable bonds is 4. The molecule has 122 valence electrons. The van der Waals surface area contributed by atoms with E-state index in [4.69, 9.17) is 10.5 Å². The molecule has 2 N–H and O–H groups in total. The Morgan fingerprint density at radius 3 is 2.35 bits per heavy atom. The summed E-state index contributed by atoms with van der Waals surface area (Å²) in [4.78, 5) is 11.6. The lowest BCUT2D eigenvalue weighted by molar-refractivity contribution is -0.274. The van der Waals surface area contributed by atoms with E-state index in [1.807, 2.05) is 0 Å². The maximum Gasteiger partial charge on any atom is 0.573 e. The minimum absolute atomic E-state index is 0.178. The number of halogens is 3. The number of anilines is 1. The lowest BCUT2D eigenvalue weighted by atomic mass is 10.0. The molecule has 0 amide bonds. The van der Waals surface area contributed by atoms with Crippen molar-refractivity contribution in [2.45, 2.75) is 13.3 Å². The van der Waals surface area contributed by atoms with Crippen LogP contribution < -0.4 is 10.5 Å². The van der Waals surface area contributed by atoms with Crippen molar-refractivity contribution in [3.63, 3.8) is 0 Å². The second-order valence-corrected chi connectivity index (χ2v) is 4.60. The molecule has 0 atom stereocenters. The van der Waals surface area contributed by atoms with E-state index in [0.29, 0.717) is 16.8 Å². The quantitative estimate of drug-likeness (QED) is 0.681. The predicted octanol–water partition coefficient (Wildman–Crippen LogP) is 4.01. The summed E-state index contributed by atoms with van der Waals surface area (Å²) in [5.74, 6) is -0.867. The maximum absolute atomic E-state index is 12.5. The van der Waals surface area contributed by atoms with Crippen LogP contribution in [0.15, 0.2) is 42.5 Å². The van der Waals surface area contributed by atoms with Crippen LogP contribution in [0.1, 0.15) is 17.3 Å². The molecule has 2 aromatic carbocycles. The van der Waals surface area contributed by atoms with Crippen molar-refractivity contribution < 1.29 is 27.4 Å². The van der Waals surface area contributed by atoms with Crippen LogP contribution in [0, 0.1) is 0 Å². The molecule has 23 heavy (non-hydrogen) atoms. The first-order chi connectivity index (χ1) is 10.8. The van der Waals surface area contributed by atoms with Crippen LogP contribution in [0.3, 0.4) is 0 Å². The van der Waals surface area contributed by atoms with Crippen molar-refractivity contribution >= 4 is 11.7 Å². The SMILES string of the molecule is CCOC(=O)c1ccc(-c2cc(N)ccc2OC(F)(F)F)cc1. The van der Waals surface area contributed by atoms with Gasteiger partial charge in [-0.25, -0.2) is 4.79 Å². The average Bonchev–Trinajstić information content (AvgIpc) is 2.48. The van der Waals surface area contributed by atoms with Crippen molar-refractivity contribution in [3.8, 4) is 16.9 Å². The van der Waals surface area contributed by atoms with E-state index in [1.165, 1.54) is 36.4 Å². The second-order valence-electron chi connectivity index (χ2n) is 4.60. The zero-order valence-corrected chi connectivity index (χ0v) is 12.2. The lowest BCUT2D eigenvalue weighted by Crippen LogP contribution is -2.17. The number of hydrogen-bond donors (Lipinski definition) is 1. The van der Waals surface area contributed by atoms with Gasteiger partial charge < -0.3 is 15.2 Å². The molecule has 0 aliphatic rings. The normalized spacial score (nSPS) is 11.1. The number of nitrogens with two attached hydrogens (primary N) is 1. The third-order valence-corrected chi connectivity index (χ3v) is 2.94. The second kappa shape index (κ2) is 6.60. The highest BCUT2D eigenvalue weighted by Gasteiger charge is 2.32. The molecule has 0 unspecified atom stereocenters. The fourth-order valence-electron chi connectivity index (χ4n) is 1.99. The number of alkyl halides is 3. The highest BCUT2D eigenvalue weighted by Crippen LogP contribution is 2.35. The molecular weight excluding hydrogens is 311 g/mol. The van der Waals surface area contributed by atoms with E-state index in [2.05, 4.69) is 4.74 Å². The Kier molecular flexibility index (Phi) is 4.78. The minimum Gasteiger partial charge on any atom is -0.462 e. The molecule has 0 aliphatic heterocycles. The van der Waals surface area contributed by atoms with Crippen molar-refractivity contribution in [1.82, 2.24) is 0 Å². The molecule has 2 rings (SSSR count). The average molecular weight is 325 g/mol. The topological polar surface area (TPSA) is 61.5 Å². The standard InChI is InChI=1S/C16H14F3NO3/c1-2-22-15(21)11-5-3-10(4-6-11)13-9-12(20)7-8-14(13)23-16(17,18)19/h3-9H,2,20H2,1H3. The van der Waals surface area contributed by atoms with Gasteiger partial charge in [-0.05, 0) is 42.8 Å². The summed E-state index contributed by atoms with van der Waals surface area (Å²) >= 11 is 0. The number of carbonyl (C=O) groups is 1. The van der Waals surface area contributed by atoms with Crippen molar-refractivity contribution in [3.05, 3.63) is 48.0 Å². The third-order valence-electron chi connectivity index (χ3n) is 2.94. The Bertz CT molecular complexity index is 697. The molecule has 2 aromatic rings. The van der Waals surface area contributed by atoms with Crippen LogP contribution in [-0.4, -0.2) is 18.9 Å². The van der Waals surface area contributed by atoms with Crippen LogP contribution in [0.25, 0.3) is 11.1 Å². The highest BCUT2D eigenvalue weighted by atomic mass is 19.4. The smallest absolute Gasteiger partial charge is 0.462 e. The third kappa shape index (κ3) is 4.38. The first-order valence-electron chi connectivity index (χ1n) is 6.73. The molecule has 0 heterocycles. The fourth-order valence-corrected chi connectivity index (χ4v) is 1.99. The van der Waals surface area contributed by atoms with Crippen molar-refractivity contribution in [2.24, 2.45) is 0 Å². The number of benzene rings is 2. The van der Waals surface area contributed by atoms with Gasteiger partial charge in [-0.15, -0.1) is 13.2 Å². The molecule has 7 heteroatoms. The van der Waals surface area contributed by atoms with Crippen molar-refractivity contribution in [2.75, 3.05) is 12.3 Å². The van der Waals surface area contributed by atoms with E-state index in [1.54, 1.807) is 6.92 Å². The number of ether oxygens (including phenoxy) is 2. The summed E-state index contributed by atoms with van der Waals surface area (Å²) in [5, 5.41) is 0. The minimum atomic E-state index is -4.81. The van der Waals surface area contributed by atoms with Crippen LogP contribution >= 0.6 is 0 Å². The van der Waals surface area contributed by atoms with Gasteiger partial charge in [-0.3, -0.25) is 0 Å². The van der Waals surface area contributed by atoms with E-state index in [-0.39, 0.29) is 17.9 Å². The van der Waals surface area contributed by atoms with Gasteiger partial charge in [0, 0.05) is 11.3 Å². The Balaban J connectivity index is 2.37. The summed E-state index contributed by atoms with van der Waals surface area (Å²) in [7, 11) is 0. The zero-order valence-electron chi connectivity index (χ0n) is 12.2. The Morgan fingerprint density at radius 1 is 1.13 bits per heavy atom.